The lowest BCUT2D eigenvalue weighted by atomic mass is 10.1. The number of aromatic hydroxyl groups is 1. The summed E-state index contributed by atoms with van der Waals surface area (Å²) in [6.07, 6.45) is 5.21. The minimum Gasteiger partial charge on any atom is -0.508 e. The van der Waals surface area contributed by atoms with E-state index in [4.69, 9.17) is 11.6 Å². The third-order valence-corrected chi connectivity index (χ3v) is 4.25. The van der Waals surface area contributed by atoms with Crippen molar-refractivity contribution in [2.75, 3.05) is 6.54 Å². The highest BCUT2D eigenvalue weighted by molar-refractivity contribution is 6.31. The SMILES string of the molecule is CC(C)CN(Cc1c(O)cccc1Cl)C1CCCC1. The van der Waals surface area contributed by atoms with E-state index in [0.29, 0.717) is 22.7 Å². The fraction of sp³-hybridized carbons (Fsp3) is 0.625. The van der Waals surface area contributed by atoms with Crippen LogP contribution in [0.4, 0.5) is 0 Å². The maximum absolute atomic E-state index is 10.0. The molecule has 0 aromatic heterocycles. The molecule has 19 heavy (non-hydrogen) atoms. The Morgan fingerprint density at radius 2 is 2.00 bits per heavy atom. The lowest BCUT2D eigenvalue weighted by Gasteiger charge is -2.31. The largest absolute Gasteiger partial charge is 0.508 e. The van der Waals surface area contributed by atoms with E-state index in [1.54, 1.807) is 12.1 Å². The van der Waals surface area contributed by atoms with Crippen molar-refractivity contribution >= 4 is 11.6 Å². The van der Waals surface area contributed by atoms with Gasteiger partial charge in [0.1, 0.15) is 5.75 Å². The van der Waals surface area contributed by atoms with Crippen molar-refractivity contribution in [2.24, 2.45) is 5.92 Å². The van der Waals surface area contributed by atoms with Gasteiger partial charge in [-0.2, -0.15) is 0 Å². The van der Waals surface area contributed by atoms with E-state index in [-0.39, 0.29) is 0 Å². The van der Waals surface area contributed by atoms with Crippen LogP contribution in [0.2, 0.25) is 5.02 Å². The Morgan fingerprint density at radius 3 is 2.58 bits per heavy atom. The summed E-state index contributed by atoms with van der Waals surface area (Å²) in [5, 5.41) is 10.7. The first kappa shape index (κ1) is 14.7. The summed E-state index contributed by atoms with van der Waals surface area (Å²) in [6, 6.07) is 6.03. The second-order valence-corrected chi connectivity index (χ2v) is 6.41. The summed E-state index contributed by atoms with van der Waals surface area (Å²) in [7, 11) is 0. The van der Waals surface area contributed by atoms with Crippen LogP contribution >= 0.6 is 11.6 Å². The van der Waals surface area contributed by atoms with E-state index in [9.17, 15) is 5.11 Å². The smallest absolute Gasteiger partial charge is 0.121 e. The number of halogens is 1. The van der Waals surface area contributed by atoms with Crippen LogP contribution in [0.3, 0.4) is 0 Å². The maximum Gasteiger partial charge on any atom is 0.121 e. The Kier molecular flexibility index (Phi) is 5.12. The van der Waals surface area contributed by atoms with Crippen molar-refractivity contribution in [3.05, 3.63) is 28.8 Å². The maximum atomic E-state index is 10.0. The number of phenolic OH excluding ortho intramolecular Hbond substituents is 1. The normalized spacial score (nSPS) is 16.7. The molecule has 0 aliphatic heterocycles. The molecule has 0 radical (unpaired) electrons. The number of rotatable bonds is 5. The fourth-order valence-corrected chi connectivity index (χ4v) is 3.22. The predicted octanol–water partition coefficient (Wildman–Crippen LogP) is 4.45. The Morgan fingerprint density at radius 1 is 1.32 bits per heavy atom. The Hall–Kier alpha value is -0.730. The molecule has 1 aliphatic carbocycles. The topological polar surface area (TPSA) is 23.5 Å². The summed E-state index contributed by atoms with van der Waals surface area (Å²) in [5.41, 5.74) is 0.872. The molecule has 1 aromatic rings. The molecule has 2 nitrogen and oxygen atoms in total. The lowest BCUT2D eigenvalue weighted by molar-refractivity contribution is 0.167. The first-order valence-electron chi connectivity index (χ1n) is 7.28. The fourth-order valence-electron chi connectivity index (χ4n) is 2.99. The van der Waals surface area contributed by atoms with Crippen LogP contribution < -0.4 is 0 Å². The van der Waals surface area contributed by atoms with Gasteiger partial charge in [-0.05, 0) is 30.9 Å². The quantitative estimate of drug-likeness (QED) is 0.862. The molecular formula is C16H24ClNO. The van der Waals surface area contributed by atoms with Gasteiger partial charge in [-0.25, -0.2) is 0 Å². The molecule has 1 aromatic carbocycles. The van der Waals surface area contributed by atoms with Crippen LogP contribution in [-0.4, -0.2) is 22.6 Å². The minimum absolute atomic E-state index is 0.319. The van der Waals surface area contributed by atoms with Gasteiger partial charge in [-0.1, -0.05) is 44.4 Å². The van der Waals surface area contributed by atoms with E-state index in [1.165, 1.54) is 25.7 Å². The van der Waals surface area contributed by atoms with Crippen molar-refractivity contribution in [1.82, 2.24) is 4.90 Å². The van der Waals surface area contributed by atoms with Gasteiger partial charge in [-0.3, -0.25) is 4.90 Å². The Labute approximate surface area is 121 Å². The highest BCUT2D eigenvalue weighted by Gasteiger charge is 2.24. The van der Waals surface area contributed by atoms with E-state index >= 15 is 0 Å². The minimum atomic E-state index is 0.319. The number of benzene rings is 1. The number of phenols is 1. The van der Waals surface area contributed by atoms with Crippen molar-refractivity contribution in [2.45, 2.75) is 52.1 Å². The van der Waals surface area contributed by atoms with Crippen molar-refractivity contribution in [3.63, 3.8) is 0 Å². The third-order valence-electron chi connectivity index (χ3n) is 3.90. The van der Waals surface area contributed by atoms with Crippen LogP contribution in [0, 0.1) is 5.92 Å². The van der Waals surface area contributed by atoms with Crippen molar-refractivity contribution in [3.8, 4) is 5.75 Å². The summed E-state index contributed by atoms with van der Waals surface area (Å²) in [6.45, 7) is 6.31. The molecule has 0 amide bonds. The van der Waals surface area contributed by atoms with Crippen LogP contribution in [0.1, 0.15) is 45.1 Å². The van der Waals surface area contributed by atoms with Crippen LogP contribution in [0.25, 0.3) is 0 Å². The number of nitrogens with zero attached hydrogens (tertiary/aromatic N) is 1. The van der Waals surface area contributed by atoms with E-state index < -0.39 is 0 Å². The van der Waals surface area contributed by atoms with Gasteiger partial charge in [0, 0.05) is 29.7 Å². The molecule has 106 valence electrons. The third kappa shape index (κ3) is 3.87. The molecule has 1 saturated carbocycles. The van der Waals surface area contributed by atoms with Gasteiger partial charge in [0.25, 0.3) is 0 Å². The van der Waals surface area contributed by atoms with Gasteiger partial charge in [0.2, 0.25) is 0 Å². The average Bonchev–Trinajstić information content (AvgIpc) is 2.85. The Bertz CT molecular complexity index is 393. The molecule has 0 spiro atoms. The molecule has 1 aliphatic rings. The van der Waals surface area contributed by atoms with Gasteiger partial charge in [0.15, 0.2) is 0 Å². The first-order chi connectivity index (χ1) is 9.08. The molecule has 3 heteroatoms. The second-order valence-electron chi connectivity index (χ2n) is 6.00. The van der Waals surface area contributed by atoms with E-state index in [2.05, 4.69) is 18.7 Å². The molecule has 2 rings (SSSR count). The van der Waals surface area contributed by atoms with Crippen molar-refractivity contribution < 1.29 is 5.11 Å². The summed E-state index contributed by atoms with van der Waals surface area (Å²) in [4.78, 5) is 2.50. The average molecular weight is 282 g/mol. The molecular weight excluding hydrogens is 258 g/mol. The highest BCUT2D eigenvalue weighted by atomic mass is 35.5. The van der Waals surface area contributed by atoms with E-state index in [0.717, 1.165) is 18.7 Å². The van der Waals surface area contributed by atoms with Crippen LogP contribution in [0.5, 0.6) is 5.75 Å². The zero-order valence-electron chi connectivity index (χ0n) is 11.9. The van der Waals surface area contributed by atoms with Gasteiger partial charge in [0.05, 0.1) is 0 Å². The summed E-state index contributed by atoms with van der Waals surface area (Å²) >= 11 is 6.23. The van der Waals surface area contributed by atoms with Gasteiger partial charge in [-0.15, -0.1) is 0 Å². The second kappa shape index (κ2) is 6.62. The van der Waals surface area contributed by atoms with Gasteiger partial charge >= 0.3 is 0 Å². The molecule has 0 unspecified atom stereocenters. The molecule has 0 saturated heterocycles. The number of hydrogen-bond acceptors (Lipinski definition) is 2. The summed E-state index contributed by atoms with van der Waals surface area (Å²) in [5.74, 6) is 0.949. The predicted molar refractivity (Wildman–Crippen MR) is 80.6 cm³/mol. The first-order valence-corrected chi connectivity index (χ1v) is 7.66. The number of hydrogen-bond donors (Lipinski definition) is 1. The molecule has 0 bridgehead atoms. The highest BCUT2D eigenvalue weighted by Crippen LogP contribution is 2.31. The van der Waals surface area contributed by atoms with Crippen LogP contribution in [0.15, 0.2) is 18.2 Å². The zero-order chi connectivity index (χ0) is 13.8. The molecule has 0 atom stereocenters. The Balaban J connectivity index is 2.14. The van der Waals surface area contributed by atoms with Crippen LogP contribution in [-0.2, 0) is 6.54 Å². The molecule has 1 fully saturated rings. The standard InChI is InChI=1S/C16H24ClNO/c1-12(2)10-18(13-6-3-4-7-13)11-14-15(17)8-5-9-16(14)19/h5,8-9,12-13,19H,3-4,6-7,10-11H2,1-2H3. The van der Waals surface area contributed by atoms with Crippen molar-refractivity contribution in [1.29, 1.82) is 0 Å². The van der Waals surface area contributed by atoms with Gasteiger partial charge < -0.3 is 5.11 Å². The molecule has 0 heterocycles. The van der Waals surface area contributed by atoms with E-state index in [1.807, 2.05) is 6.07 Å². The molecule has 1 N–H and O–H groups in total. The zero-order valence-corrected chi connectivity index (χ0v) is 12.7. The summed E-state index contributed by atoms with van der Waals surface area (Å²) < 4.78 is 0. The lowest BCUT2D eigenvalue weighted by Crippen LogP contribution is -2.35. The monoisotopic (exact) mass is 281 g/mol.